The van der Waals surface area contributed by atoms with Crippen molar-refractivity contribution in [2.45, 2.75) is 32.7 Å². The molecule has 1 aliphatic carbocycles. The molecule has 3 aromatic rings. The highest BCUT2D eigenvalue weighted by Crippen LogP contribution is 2.52. The number of halogens is 1. The van der Waals surface area contributed by atoms with Gasteiger partial charge in [-0.3, -0.25) is 9.78 Å². The standard InChI is InChI=1S/C26H26BrN3O/c1-26(2)13-17-23-16-6-5-11-28-19(16)8-9-20(23)29-25(24(17)22(31)14-26)15-7-10-21(30(3)4)18(27)12-15/h5-12,25,29H,13-14H2,1-4H3/t25-/m1/s1. The monoisotopic (exact) mass is 475 g/mol. The van der Waals surface area contributed by atoms with E-state index >= 15 is 0 Å². The zero-order valence-electron chi connectivity index (χ0n) is 18.3. The number of Topliss-reactive ketones (excluding diaryl/α,β-unsaturated/α-hetero) is 1. The molecule has 31 heavy (non-hydrogen) atoms. The fourth-order valence-corrected chi connectivity index (χ4v) is 5.78. The summed E-state index contributed by atoms with van der Waals surface area (Å²) >= 11 is 3.72. The van der Waals surface area contributed by atoms with Gasteiger partial charge < -0.3 is 10.2 Å². The van der Waals surface area contributed by atoms with Crippen LogP contribution in [0.4, 0.5) is 11.4 Å². The maximum absolute atomic E-state index is 13.5. The summed E-state index contributed by atoms with van der Waals surface area (Å²) in [5.74, 6) is 0.239. The number of anilines is 2. The van der Waals surface area contributed by atoms with Crippen molar-refractivity contribution in [3.8, 4) is 0 Å². The Kier molecular flexibility index (Phi) is 4.70. The molecule has 0 saturated carbocycles. The van der Waals surface area contributed by atoms with E-state index in [1.807, 2.05) is 26.4 Å². The number of nitrogens with one attached hydrogen (secondary N) is 1. The molecule has 1 atom stereocenters. The Bertz CT molecular complexity index is 1260. The van der Waals surface area contributed by atoms with E-state index in [2.05, 4.69) is 81.4 Å². The lowest BCUT2D eigenvalue weighted by Gasteiger charge is -2.40. The number of fused-ring (bicyclic) bond motifs is 4. The van der Waals surface area contributed by atoms with Crippen LogP contribution in [0.1, 0.15) is 43.9 Å². The predicted molar refractivity (Wildman–Crippen MR) is 132 cm³/mol. The summed E-state index contributed by atoms with van der Waals surface area (Å²) in [6.45, 7) is 4.38. The minimum atomic E-state index is -0.160. The topological polar surface area (TPSA) is 45.2 Å². The predicted octanol–water partition coefficient (Wildman–Crippen LogP) is 6.37. The number of rotatable bonds is 2. The van der Waals surface area contributed by atoms with Crippen LogP contribution >= 0.6 is 15.9 Å². The highest BCUT2D eigenvalue weighted by Gasteiger charge is 2.40. The molecule has 2 aromatic carbocycles. The first-order chi connectivity index (χ1) is 14.7. The second-order valence-electron chi connectivity index (χ2n) is 9.57. The van der Waals surface area contributed by atoms with Gasteiger partial charge in [0.05, 0.1) is 17.2 Å². The molecule has 5 rings (SSSR count). The number of carbonyl (C=O) groups is 1. The van der Waals surface area contributed by atoms with Crippen LogP contribution in [0.2, 0.25) is 0 Å². The Morgan fingerprint density at radius 2 is 1.94 bits per heavy atom. The van der Waals surface area contributed by atoms with Gasteiger partial charge in [-0.15, -0.1) is 0 Å². The van der Waals surface area contributed by atoms with Gasteiger partial charge >= 0.3 is 0 Å². The van der Waals surface area contributed by atoms with Crippen LogP contribution in [0, 0.1) is 5.41 Å². The summed E-state index contributed by atoms with van der Waals surface area (Å²) in [5.41, 5.74) is 7.40. The zero-order chi connectivity index (χ0) is 21.9. The van der Waals surface area contributed by atoms with Crippen molar-refractivity contribution < 1.29 is 4.79 Å². The summed E-state index contributed by atoms with van der Waals surface area (Å²) in [6.07, 6.45) is 3.27. The van der Waals surface area contributed by atoms with Crippen LogP contribution in [0.25, 0.3) is 16.5 Å². The van der Waals surface area contributed by atoms with Gasteiger partial charge in [0.1, 0.15) is 0 Å². The lowest BCUT2D eigenvalue weighted by molar-refractivity contribution is -0.118. The van der Waals surface area contributed by atoms with Crippen LogP contribution in [0.3, 0.4) is 0 Å². The van der Waals surface area contributed by atoms with Gasteiger partial charge in [-0.05, 0) is 69.2 Å². The number of hydrogen-bond donors (Lipinski definition) is 1. The van der Waals surface area contributed by atoms with Gasteiger partial charge in [0, 0.05) is 53.4 Å². The van der Waals surface area contributed by atoms with Gasteiger partial charge in [0.15, 0.2) is 5.78 Å². The highest BCUT2D eigenvalue weighted by molar-refractivity contribution is 9.10. The molecule has 158 valence electrons. The number of benzene rings is 2. The quantitative estimate of drug-likeness (QED) is 0.467. The third-order valence-corrected chi connectivity index (χ3v) is 7.02. The molecule has 5 heteroatoms. The summed E-state index contributed by atoms with van der Waals surface area (Å²) in [4.78, 5) is 20.1. The van der Waals surface area contributed by atoms with E-state index in [4.69, 9.17) is 0 Å². The number of pyridine rings is 1. The lowest BCUT2D eigenvalue weighted by Crippen LogP contribution is -2.33. The third-order valence-electron chi connectivity index (χ3n) is 6.38. The summed E-state index contributed by atoms with van der Waals surface area (Å²) in [6, 6.07) is 14.5. The molecule has 0 bridgehead atoms. The fourth-order valence-electron chi connectivity index (χ4n) is 5.03. The first-order valence-corrected chi connectivity index (χ1v) is 11.4. The van der Waals surface area contributed by atoms with Crippen molar-refractivity contribution in [2.75, 3.05) is 24.3 Å². The minimum Gasteiger partial charge on any atom is -0.377 e. The second-order valence-corrected chi connectivity index (χ2v) is 10.4. The molecule has 1 aromatic heterocycles. The van der Waals surface area contributed by atoms with Gasteiger partial charge in [-0.25, -0.2) is 0 Å². The average molecular weight is 476 g/mol. The molecular weight excluding hydrogens is 450 g/mol. The van der Waals surface area contributed by atoms with E-state index in [0.717, 1.165) is 49.9 Å². The summed E-state index contributed by atoms with van der Waals surface area (Å²) in [5, 5.41) is 4.80. The van der Waals surface area contributed by atoms with Gasteiger partial charge in [-0.1, -0.05) is 26.0 Å². The van der Waals surface area contributed by atoms with Crippen molar-refractivity contribution in [3.05, 3.63) is 69.8 Å². The molecule has 4 nitrogen and oxygen atoms in total. The van der Waals surface area contributed by atoms with Crippen molar-refractivity contribution >= 4 is 49.6 Å². The average Bonchev–Trinajstić information content (AvgIpc) is 2.71. The largest absolute Gasteiger partial charge is 0.377 e. The normalized spacial score (nSPS) is 19.6. The number of nitrogens with zero attached hydrogens (tertiary/aromatic N) is 2. The molecule has 2 aliphatic rings. The molecule has 1 aliphatic heterocycles. The fraction of sp³-hybridized carbons (Fsp3) is 0.308. The van der Waals surface area contributed by atoms with Gasteiger partial charge in [-0.2, -0.15) is 0 Å². The molecule has 0 radical (unpaired) electrons. The third kappa shape index (κ3) is 3.35. The maximum atomic E-state index is 13.5. The number of allylic oxidation sites excluding steroid dienone is 1. The molecule has 1 N–H and O–H groups in total. The lowest BCUT2D eigenvalue weighted by atomic mass is 9.68. The van der Waals surface area contributed by atoms with Gasteiger partial charge in [0.2, 0.25) is 0 Å². The van der Waals surface area contributed by atoms with Gasteiger partial charge in [0.25, 0.3) is 0 Å². The number of aromatic nitrogens is 1. The van der Waals surface area contributed by atoms with Crippen molar-refractivity contribution in [3.63, 3.8) is 0 Å². The summed E-state index contributed by atoms with van der Waals surface area (Å²) < 4.78 is 1.02. The Balaban J connectivity index is 1.75. The van der Waals surface area contributed by atoms with E-state index in [9.17, 15) is 4.79 Å². The zero-order valence-corrected chi connectivity index (χ0v) is 19.9. The van der Waals surface area contributed by atoms with E-state index in [1.165, 1.54) is 5.57 Å². The van der Waals surface area contributed by atoms with Crippen LogP contribution in [0.5, 0.6) is 0 Å². The maximum Gasteiger partial charge on any atom is 0.162 e. The summed E-state index contributed by atoms with van der Waals surface area (Å²) in [7, 11) is 4.06. The molecule has 0 unspecified atom stereocenters. The van der Waals surface area contributed by atoms with E-state index in [0.29, 0.717) is 6.42 Å². The van der Waals surface area contributed by atoms with E-state index < -0.39 is 0 Å². The number of hydrogen-bond acceptors (Lipinski definition) is 4. The van der Waals surface area contributed by atoms with Crippen molar-refractivity contribution in [1.82, 2.24) is 4.98 Å². The Morgan fingerprint density at radius 1 is 1.13 bits per heavy atom. The van der Waals surface area contributed by atoms with E-state index in [1.54, 1.807) is 0 Å². The SMILES string of the molecule is CN(C)c1ccc([C@H]2Nc3ccc4ncccc4c3C3=C2C(=O)CC(C)(C)C3)cc1Br. The molecular formula is C26H26BrN3O. The Hall–Kier alpha value is -2.66. The van der Waals surface area contributed by atoms with Crippen LogP contribution in [-0.2, 0) is 4.79 Å². The minimum absolute atomic E-state index is 0.0607. The van der Waals surface area contributed by atoms with Crippen LogP contribution < -0.4 is 10.2 Å². The Morgan fingerprint density at radius 3 is 2.68 bits per heavy atom. The first-order valence-electron chi connectivity index (χ1n) is 10.6. The Labute approximate surface area is 191 Å². The molecule has 0 spiro atoms. The highest BCUT2D eigenvalue weighted by atomic mass is 79.9. The molecule has 0 amide bonds. The number of carbonyl (C=O) groups excluding carboxylic acids is 1. The van der Waals surface area contributed by atoms with Crippen molar-refractivity contribution in [2.24, 2.45) is 5.41 Å². The van der Waals surface area contributed by atoms with Crippen LogP contribution in [-0.4, -0.2) is 24.9 Å². The molecule has 0 saturated heterocycles. The molecule has 0 fully saturated rings. The first kappa shape index (κ1) is 20.3. The molecule has 2 heterocycles. The van der Waals surface area contributed by atoms with Crippen LogP contribution in [0.15, 0.2) is 58.7 Å². The second kappa shape index (κ2) is 7.20. The number of ketones is 1. The smallest absolute Gasteiger partial charge is 0.162 e. The van der Waals surface area contributed by atoms with Crippen molar-refractivity contribution in [1.29, 1.82) is 0 Å². The van der Waals surface area contributed by atoms with E-state index in [-0.39, 0.29) is 17.2 Å².